The van der Waals surface area contributed by atoms with Gasteiger partial charge >= 0.3 is 0 Å². The van der Waals surface area contributed by atoms with E-state index in [0.29, 0.717) is 6.42 Å². The van der Waals surface area contributed by atoms with Gasteiger partial charge in [-0.2, -0.15) is 0 Å². The summed E-state index contributed by atoms with van der Waals surface area (Å²) < 4.78 is 20.6. The van der Waals surface area contributed by atoms with Crippen molar-refractivity contribution in [3.05, 3.63) is 0 Å². The van der Waals surface area contributed by atoms with Gasteiger partial charge in [0.25, 0.3) is 11.3 Å². The second-order valence-electron chi connectivity index (χ2n) is 3.35. The Hall–Kier alpha value is 0.280. The van der Waals surface area contributed by atoms with E-state index in [1.807, 2.05) is 26.3 Å². The average Bonchev–Trinajstić information content (AvgIpc) is 2.63. The molecule has 88 valence electrons. The molecule has 0 spiro atoms. The molecule has 1 heterocycles. The molecule has 1 amide bonds. The first-order chi connectivity index (χ1) is 7.18. The van der Waals surface area contributed by atoms with Gasteiger partial charge in [0.1, 0.15) is 0 Å². The molecule has 1 aliphatic heterocycles. The average molecular weight is 269 g/mol. The van der Waals surface area contributed by atoms with Crippen LogP contribution in [0.1, 0.15) is 32.1 Å². The highest BCUT2D eigenvalue weighted by atomic mass is 33.1. The molecule has 1 aliphatic rings. The van der Waals surface area contributed by atoms with Crippen LogP contribution in [0.25, 0.3) is 0 Å². The Kier molecular flexibility index (Phi) is 6.71. The van der Waals surface area contributed by atoms with Crippen LogP contribution in [-0.2, 0) is 16.1 Å². The van der Waals surface area contributed by atoms with Crippen LogP contribution in [0.4, 0.5) is 0 Å². The van der Waals surface area contributed by atoms with Crippen molar-refractivity contribution in [1.29, 1.82) is 0 Å². The molecule has 7 heteroatoms. The third-order valence-corrected chi connectivity index (χ3v) is 5.52. The Morgan fingerprint density at radius 1 is 1.53 bits per heavy atom. The maximum Gasteiger partial charge on any atom is 0.261 e. The normalized spacial score (nSPS) is 22.6. The van der Waals surface area contributed by atoms with Crippen LogP contribution >= 0.6 is 21.6 Å². The maximum absolute atomic E-state index is 11.0. The predicted molar refractivity (Wildman–Crippen MR) is 65.8 cm³/mol. The first-order valence-corrected chi connectivity index (χ1v) is 8.36. The van der Waals surface area contributed by atoms with Gasteiger partial charge in [0.15, 0.2) is 0 Å². The Morgan fingerprint density at radius 3 is 2.93 bits per heavy atom. The van der Waals surface area contributed by atoms with Gasteiger partial charge in [0, 0.05) is 17.4 Å². The first kappa shape index (κ1) is 13.3. The lowest BCUT2D eigenvalue weighted by Gasteiger charge is -2.06. The van der Waals surface area contributed by atoms with Crippen LogP contribution < -0.4 is 4.72 Å². The molecule has 2 N–H and O–H groups in total. The SMILES string of the molecule is O=C(CCCCC1CCSS1)NS(=O)O. The molecular formula is C8H15NO3S3. The van der Waals surface area contributed by atoms with E-state index < -0.39 is 11.3 Å². The number of hydrogen-bond acceptors (Lipinski definition) is 4. The van der Waals surface area contributed by atoms with Crippen molar-refractivity contribution < 1.29 is 13.6 Å². The third-order valence-electron chi connectivity index (χ3n) is 2.11. The topological polar surface area (TPSA) is 66.4 Å². The molecule has 0 saturated carbocycles. The van der Waals surface area contributed by atoms with E-state index in [9.17, 15) is 9.00 Å². The number of rotatable bonds is 6. The summed E-state index contributed by atoms with van der Waals surface area (Å²) in [7, 11) is 3.86. The van der Waals surface area contributed by atoms with E-state index in [2.05, 4.69) is 0 Å². The van der Waals surface area contributed by atoms with Gasteiger partial charge in [-0.3, -0.25) is 14.1 Å². The van der Waals surface area contributed by atoms with Crippen LogP contribution in [0.3, 0.4) is 0 Å². The zero-order valence-electron chi connectivity index (χ0n) is 8.31. The molecule has 4 nitrogen and oxygen atoms in total. The largest absolute Gasteiger partial charge is 0.289 e. The highest BCUT2D eigenvalue weighted by Gasteiger charge is 2.15. The fourth-order valence-electron chi connectivity index (χ4n) is 1.37. The van der Waals surface area contributed by atoms with Crippen molar-refractivity contribution >= 4 is 38.8 Å². The van der Waals surface area contributed by atoms with Gasteiger partial charge < -0.3 is 0 Å². The molecule has 1 fully saturated rings. The molecular weight excluding hydrogens is 254 g/mol. The van der Waals surface area contributed by atoms with E-state index >= 15 is 0 Å². The standard InChI is InChI=1S/C8H15NO3S3/c10-8(9-15(11)12)4-2-1-3-7-5-6-13-14-7/h7H,1-6H2,(H,9,10)(H,11,12). The summed E-state index contributed by atoms with van der Waals surface area (Å²) in [6, 6.07) is 0. The fraction of sp³-hybridized carbons (Fsp3) is 0.875. The number of unbranched alkanes of at least 4 members (excludes halogenated alkanes) is 1. The molecule has 2 unspecified atom stereocenters. The van der Waals surface area contributed by atoms with Crippen LogP contribution in [0.5, 0.6) is 0 Å². The van der Waals surface area contributed by atoms with Gasteiger partial charge in [-0.05, 0) is 19.3 Å². The number of carbonyl (C=O) groups excluding carboxylic acids is 1. The summed E-state index contributed by atoms with van der Waals surface area (Å²) >= 11 is -2.21. The summed E-state index contributed by atoms with van der Waals surface area (Å²) in [6.07, 6.45) is 4.57. The van der Waals surface area contributed by atoms with Crippen LogP contribution in [0.15, 0.2) is 0 Å². The Balaban J connectivity index is 1.96. The van der Waals surface area contributed by atoms with Crippen LogP contribution in [0, 0.1) is 0 Å². The minimum absolute atomic E-state index is 0.343. The summed E-state index contributed by atoms with van der Waals surface area (Å²) in [5.41, 5.74) is 0. The van der Waals surface area contributed by atoms with Crippen LogP contribution in [0.2, 0.25) is 0 Å². The number of amides is 1. The van der Waals surface area contributed by atoms with Crippen molar-refractivity contribution in [3.8, 4) is 0 Å². The summed E-state index contributed by atoms with van der Waals surface area (Å²) in [6.45, 7) is 0. The number of hydrogen-bond donors (Lipinski definition) is 2. The summed E-state index contributed by atoms with van der Waals surface area (Å²) in [5.74, 6) is 0.892. The Morgan fingerprint density at radius 2 is 2.33 bits per heavy atom. The monoisotopic (exact) mass is 269 g/mol. The molecule has 15 heavy (non-hydrogen) atoms. The number of carbonyl (C=O) groups is 1. The fourth-order valence-corrected chi connectivity index (χ4v) is 4.69. The van der Waals surface area contributed by atoms with E-state index in [-0.39, 0.29) is 5.91 Å². The molecule has 0 bridgehead atoms. The molecule has 2 atom stereocenters. The van der Waals surface area contributed by atoms with Crippen molar-refractivity contribution in [2.75, 3.05) is 5.75 Å². The zero-order valence-corrected chi connectivity index (χ0v) is 10.8. The zero-order chi connectivity index (χ0) is 11.1. The third kappa shape index (κ3) is 6.44. The molecule has 1 rings (SSSR count). The minimum Gasteiger partial charge on any atom is -0.289 e. The lowest BCUT2D eigenvalue weighted by molar-refractivity contribution is -0.119. The molecule has 1 saturated heterocycles. The smallest absolute Gasteiger partial charge is 0.261 e. The van der Waals surface area contributed by atoms with Crippen LogP contribution in [-0.4, -0.2) is 25.7 Å². The van der Waals surface area contributed by atoms with E-state index in [4.69, 9.17) is 4.55 Å². The quantitative estimate of drug-likeness (QED) is 0.438. The Bertz CT molecular complexity index is 231. The highest BCUT2D eigenvalue weighted by Crippen LogP contribution is 2.39. The number of nitrogens with one attached hydrogen (secondary N) is 1. The lowest BCUT2D eigenvalue weighted by Crippen LogP contribution is -2.24. The van der Waals surface area contributed by atoms with Crippen molar-refractivity contribution in [1.82, 2.24) is 4.72 Å². The van der Waals surface area contributed by atoms with E-state index in [1.54, 1.807) is 0 Å². The lowest BCUT2D eigenvalue weighted by atomic mass is 10.1. The maximum atomic E-state index is 11.0. The molecule has 0 aromatic carbocycles. The molecule has 0 aromatic rings. The Labute approximate surface area is 100 Å². The van der Waals surface area contributed by atoms with Gasteiger partial charge in [0.2, 0.25) is 5.91 Å². The van der Waals surface area contributed by atoms with Gasteiger partial charge in [-0.15, -0.1) is 0 Å². The van der Waals surface area contributed by atoms with Crippen molar-refractivity contribution in [2.24, 2.45) is 0 Å². The summed E-state index contributed by atoms with van der Waals surface area (Å²) in [5, 5.41) is 0.741. The van der Waals surface area contributed by atoms with Gasteiger partial charge in [0.05, 0.1) is 0 Å². The van der Waals surface area contributed by atoms with Crippen molar-refractivity contribution in [2.45, 2.75) is 37.4 Å². The van der Waals surface area contributed by atoms with Gasteiger partial charge in [-0.25, -0.2) is 4.21 Å². The second-order valence-corrected chi connectivity index (χ2v) is 6.84. The van der Waals surface area contributed by atoms with Crippen molar-refractivity contribution in [3.63, 3.8) is 0 Å². The molecule has 0 aliphatic carbocycles. The summed E-state index contributed by atoms with van der Waals surface area (Å²) in [4.78, 5) is 11.0. The molecule has 0 radical (unpaired) electrons. The minimum atomic E-state index is -2.21. The van der Waals surface area contributed by atoms with Gasteiger partial charge in [-0.1, -0.05) is 28.0 Å². The predicted octanol–water partition coefficient (Wildman–Crippen LogP) is 1.95. The van der Waals surface area contributed by atoms with E-state index in [0.717, 1.165) is 24.5 Å². The second kappa shape index (κ2) is 7.54. The van der Waals surface area contributed by atoms with E-state index in [1.165, 1.54) is 12.2 Å². The molecule has 0 aromatic heterocycles. The highest BCUT2D eigenvalue weighted by molar-refractivity contribution is 8.77. The first-order valence-electron chi connectivity index (χ1n) is 4.87.